The number of carboxylic acids is 1. The van der Waals surface area contributed by atoms with E-state index in [2.05, 4.69) is 0 Å². The molecule has 0 spiro atoms. The molecule has 1 unspecified atom stereocenters. The lowest BCUT2D eigenvalue weighted by atomic mass is 10.0. The van der Waals surface area contributed by atoms with E-state index in [1.165, 1.54) is 6.92 Å². The highest BCUT2D eigenvalue weighted by Crippen LogP contribution is 2.18. The van der Waals surface area contributed by atoms with E-state index in [0.29, 0.717) is 26.1 Å². The highest BCUT2D eigenvalue weighted by atomic mass is 32.2. The molecule has 5 nitrogen and oxygen atoms in total. The van der Waals surface area contributed by atoms with Crippen molar-refractivity contribution in [1.29, 1.82) is 0 Å². The van der Waals surface area contributed by atoms with Crippen LogP contribution >= 0.6 is 0 Å². The van der Waals surface area contributed by atoms with E-state index in [1.54, 1.807) is 0 Å². The fraction of sp³-hybridized carbons (Fsp3) is 0.889. The van der Waals surface area contributed by atoms with Crippen LogP contribution in [0.4, 0.5) is 0 Å². The van der Waals surface area contributed by atoms with Gasteiger partial charge in [-0.1, -0.05) is 0 Å². The van der Waals surface area contributed by atoms with E-state index in [0.717, 1.165) is 0 Å². The van der Waals surface area contributed by atoms with Crippen LogP contribution in [0, 0.1) is 5.92 Å². The first-order valence-electron chi connectivity index (χ1n) is 4.95. The third kappa shape index (κ3) is 3.46. The molecule has 1 rings (SSSR count). The van der Waals surface area contributed by atoms with Crippen molar-refractivity contribution < 1.29 is 23.1 Å². The first kappa shape index (κ1) is 12.4. The van der Waals surface area contributed by atoms with Gasteiger partial charge in [-0.05, 0) is 25.7 Å². The molecule has 1 fully saturated rings. The molecule has 0 aliphatic carbocycles. The minimum Gasteiger partial charge on any atom is -0.480 e. The van der Waals surface area contributed by atoms with Crippen molar-refractivity contribution in [3.63, 3.8) is 0 Å². The Balaban J connectivity index is 2.58. The lowest BCUT2D eigenvalue weighted by Gasteiger charge is -2.22. The summed E-state index contributed by atoms with van der Waals surface area (Å²) in [4.78, 5) is 10.6. The van der Waals surface area contributed by atoms with Crippen LogP contribution in [0.15, 0.2) is 0 Å². The molecule has 1 atom stereocenters. The zero-order chi connectivity index (χ0) is 11.5. The van der Waals surface area contributed by atoms with Crippen LogP contribution in [-0.4, -0.2) is 43.7 Å². The first-order chi connectivity index (χ1) is 6.93. The van der Waals surface area contributed by atoms with Gasteiger partial charge < -0.3 is 9.84 Å². The highest BCUT2D eigenvalue weighted by Gasteiger charge is 2.30. The molecule has 1 aliphatic rings. The van der Waals surface area contributed by atoms with Crippen LogP contribution in [0.3, 0.4) is 0 Å². The van der Waals surface area contributed by atoms with Gasteiger partial charge in [-0.2, -0.15) is 0 Å². The maximum atomic E-state index is 11.6. The lowest BCUT2D eigenvalue weighted by Crippen LogP contribution is -2.33. The fourth-order valence-electron chi connectivity index (χ4n) is 1.54. The van der Waals surface area contributed by atoms with Crippen molar-refractivity contribution in [2.24, 2.45) is 5.92 Å². The van der Waals surface area contributed by atoms with Gasteiger partial charge in [0, 0.05) is 13.2 Å². The number of rotatable bonds is 4. The molecule has 1 aliphatic heterocycles. The Morgan fingerprint density at radius 1 is 1.47 bits per heavy atom. The number of sulfone groups is 1. The lowest BCUT2D eigenvalue weighted by molar-refractivity contribution is -0.136. The predicted molar refractivity (Wildman–Crippen MR) is 54.4 cm³/mol. The van der Waals surface area contributed by atoms with Crippen molar-refractivity contribution in [2.45, 2.75) is 25.0 Å². The van der Waals surface area contributed by atoms with Gasteiger partial charge in [-0.3, -0.25) is 4.79 Å². The molecule has 0 aromatic heterocycles. The Morgan fingerprint density at radius 3 is 2.47 bits per heavy atom. The number of ether oxygens (including phenoxy) is 1. The Bertz CT molecular complexity index is 315. The standard InChI is InChI=1S/C9H16O5S/c1-7(9(10)11)15(12,13)6-8-2-4-14-5-3-8/h7-8H,2-6H2,1H3,(H,10,11). The first-order valence-corrected chi connectivity index (χ1v) is 6.67. The summed E-state index contributed by atoms with van der Waals surface area (Å²) in [6, 6.07) is 0. The van der Waals surface area contributed by atoms with Crippen LogP contribution < -0.4 is 0 Å². The zero-order valence-corrected chi connectivity index (χ0v) is 9.50. The second kappa shape index (κ2) is 4.94. The molecule has 0 amide bonds. The molecule has 0 bridgehead atoms. The zero-order valence-electron chi connectivity index (χ0n) is 8.68. The molecule has 88 valence electrons. The van der Waals surface area contributed by atoms with Crippen LogP contribution in [0.5, 0.6) is 0 Å². The van der Waals surface area contributed by atoms with E-state index in [1.807, 2.05) is 0 Å². The SMILES string of the molecule is CC(C(=O)O)S(=O)(=O)CC1CCOCC1. The monoisotopic (exact) mass is 236 g/mol. The summed E-state index contributed by atoms with van der Waals surface area (Å²) in [6.45, 7) is 2.36. The van der Waals surface area contributed by atoms with Gasteiger partial charge in [-0.15, -0.1) is 0 Å². The van der Waals surface area contributed by atoms with E-state index in [-0.39, 0.29) is 11.7 Å². The van der Waals surface area contributed by atoms with Crippen molar-refractivity contribution in [2.75, 3.05) is 19.0 Å². The van der Waals surface area contributed by atoms with Gasteiger partial charge >= 0.3 is 5.97 Å². The van der Waals surface area contributed by atoms with Crippen molar-refractivity contribution >= 4 is 15.8 Å². The van der Waals surface area contributed by atoms with Gasteiger partial charge in [0.1, 0.15) is 0 Å². The van der Waals surface area contributed by atoms with Gasteiger partial charge in [0.2, 0.25) is 0 Å². The number of carboxylic acid groups (broad SMARTS) is 1. The second-order valence-electron chi connectivity index (χ2n) is 3.87. The largest absolute Gasteiger partial charge is 0.480 e. The Labute approximate surface area is 89.3 Å². The summed E-state index contributed by atoms with van der Waals surface area (Å²) < 4.78 is 28.3. The smallest absolute Gasteiger partial charge is 0.321 e. The Hall–Kier alpha value is -0.620. The van der Waals surface area contributed by atoms with Crippen LogP contribution in [-0.2, 0) is 19.4 Å². The highest BCUT2D eigenvalue weighted by molar-refractivity contribution is 7.92. The van der Waals surface area contributed by atoms with Crippen LogP contribution in [0.1, 0.15) is 19.8 Å². The van der Waals surface area contributed by atoms with Gasteiger partial charge in [0.25, 0.3) is 0 Å². The van der Waals surface area contributed by atoms with Crippen molar-refractivity contribution in [3.05, 3.63) is 0 Å². The summed E-state index contributed by atoms with van der Waals surface area (Å²) in [5.74, 6) is -1.27. The predicted octanol–water partition coefficient (Wildman–Crippen LogP) is 0.301. The van der Waals surface area contributed by atoms with E-state index in [4.69, 9.17) is 9.84 Å². The summed E-state index contributed by atoms with van der Waals surface area (Å²) in [5.41, 5.74) is 0. The molecule has 0 saturated carbocycles. The second-order valence-corrected chi connectivity index (χ2v) is 6.23. The van der Waals surface area contributed by atoms with Gasteiger partial charge in [0.05, 0.1) is 5.75 Å². The molecule has 0 aromatic rings. The fourth-order valence-corrected chi connectivity index (χ4v) is 3.13. The summed E-state index contributed by atoms with van der Waals surface area (Å²) >= 11 is 0. The maximum absolute atomic E-state index is 11.6. The summed E-state index contributed by atoms with van der Waals surface area (Å²) in [5, 5.41) is 7.34. The number of hydrogen-bond donors (Lipinski definition) is 1. The van der Waals surface area contributed by atoms with Crippen LogP contribution in [0.2, 0.25) is 0 Å². The molecule has 0 aromatic carbocycles. The minimum atomic E-state index is -3.51. The molecule has 1 heterocycles. The Kier molecular flexibility index (Phi) is 4.10. The molecule has 1 N–H and O–H groups in total. The average Bonchev–Trinajstić information content (AvgIpc) is 2.17. The third-order valence-corrected chi connectivity index (χ3v) is 4.91. The molecule has 0 radical (unpaired) electrons. The number of hydrogen-bond acceptors (Lipinski definition) is 4. The average molecular weight is 236 g/mol. The summed E-state index contributed by atoms with van der Waals surface area (Å²) in [6.07, 6.45) is 1.40. The molecular weight excluding hydrogens is 220 g/mol. The quantitative estimate of drug-likeness (QED) is 0.759. The minimum absolute atomic E-state index is 0.0379. The molecule has 15 heavy (non-hydrogen) atoms. The van der Waals surface area contributed by atoms with E-state index in [9.17, 15) is 13.2 Å². The maximum Gasteiger partial charge on any atom is 0.321 e. The normalized spacial score (nSPS) is 21.1. The molecule has 6 heteroatoms. The van der Waals surface area contributed by atoms with Crippen molar-refractivity contribution in [3.8, 4) is 0 Å². The van der Waals surface area contributed by atoms with Crippen molar-refractivity contribution in [1.82, 2.24) is 0 Å². The van der Waals surface area contributed by atoms with Gasteiger partial charge in [0.15, 0.2) is 15.1 Å². The van der Waals surface area contributed by atoms with Crippen LogP contribution in [0.25, 0.3) is 0 Å². The third-order valence-electron chi connectivity index (χ3n) is 2.70. The summed E-state index contributed by atoms with van der Waals surface area (Å²) in [7, 11) is -3.51. The Morgan fingerprint density at radius 2 is 2.00 bits per heavy atom. The molecular formula is C9H16O5S. The van der Waals surface area contributed by atoms with Gasteiger partial charge in [-0.25, -0.2) is 8.42 Å². The molecule has 1 saturated heterocycles. The van der Waals surface area contributed by atoms with E-state index >= 15 is 0 Å². The topological polar surface area (TPSA) is 80.7 Å². The van der Waals surface area contributed by atoms with E-state index < -0.39 is 21.1 Å². The number of carbonyl (C=O) groups is 1. The number of aliphatic carboxylic acids is 1.